The molecule has 0 saturated carbocycles. The van der Waals surface area contributed by atoms with E-state index in [9.17, 15) is 0 Å². The molecule has 0 aliphatic carbocycles. The van der Waals surface area contributed by atoms with Gasteiger partial charge in [-0.1, -0.05) is 133 Å². The Morgan fingerprint density at radius 3 is 1.48 bits per heavy atom. The predicted molar refractivity (Wildman–Crippen MR) is 266 cm³/mol. The van der Waals surface area contributed by atoms with Gasteiger partial charge in [-0.05, 0) is 117 Å². The van der Waals surface area contributed by atoms with Gasteiger partial charge in [-0.2, -0.15) is 0 Å². The maximum Gasteiger partial charge on any atom is 0.227 e. The third-order valence-corrected chi connectivity index (χ3v) is 12.6. The van der Waals surface area contributed by atoms with E-state index in [0.717, 1.165) is 88.9 Å². The van der Waals surface area contributed by atoms with Crippen LogP contribution in [-0.4, -0.2) is 4.98 Å². The zero-order valence-corrected chi connectivity index (χ0v) is 34.5. The highest BCUT2D eigenvalue weighted by Gasteiger charge is 2.21. The van der Waals surface area contributed by atoms with Gasteiger partial charge in [0.2, 0.25) is 5.89 Å². The molecular weight excluding hydrogens is 783 g/mol. The molecule has 0 aliphatic rings. The summed E-state index contributed by atoms with van der Waals surface area (Å²) in [5.74, 6) is 0.609. The molecule has 0 amide bonds. The zero-order chi connectivity index (χ0) is 42.1. The number of furan rings is 1. The maximum absolute atomic E-state index is 6.41. The lowest BCUT2D eigenvalue weighted by atomic mass is 9.99. The molecule has 64 heavy (non-hydrogen) atoms. The molecule has 13 rings (SSSR count). The lowest BCUT2D eigenvalue weighted by Crippen LogP contribution is -2.10. The van der Waals surface area contributed by atoms with Gasteiger partial charge >= 0.3 is 0 Å². The van der Waals surface area contributed by atoms with Crippen LogP contribution in [0.4, 0.5) is 34.1 Å². The lowest BCUT2D eigenvalue weighted by molar-refractivity contribution is 0.620. The van der Waals surface area contributed by atoms with Crippen molar-refractivity contribution in [2.75, 3.05) is 9.80 Å². The van der Waals surface area contributed by atoms with E-state index in [4.69, 9.17) is 13.8 Å². The number of oxazole rings is 1. The van der Waals surface area contributed by atoms with Crippen molar-refractivity contribution >= 4 is 110 Å². The predicted octanol–water partition coefficient (Wildman–Crippen LogP) is 16.9. The van der Waals surface area contributed by atoms with Gasteiger partial charge in [0.05, 0.1) is 17.1 Å². The minimum atomic E-state index is 0.609. The highest BCUT2D eigenvalue weighted by molar-refractivity contribution is 6.12. The van der Waals surface area contributed by atoms with Gasteiger partial charge in [-0.15, -0.1) is 0 Å². The van der Waals surface area contributed by atoms with Crippen molar-refractivity contribution in [1.29, 1.82) is 0 Å². The third-order valence-electron chi connectivity index (χ3n) is 12.6. The van der Waals surface area contributed by atoms with Crippen molar-refractivity contribution in [3.63, 3.8) is 0 Å². The van der Waals surface area contributed by atoms with Gasteiger partial charge in [0, 0.05) is 50.2 Å². The van der Waals surface area contributed by atoms with E-state index in [1.54, 1.807) is 0 Å². The summed E-state index contributed by atoms with van der Waals surface area (Å²) in [5.41, 5.74) is 10.6. The highest BCUT2D eigenvalue weighted by Crippen LogP contribution is 2.45. The average Bonchev–Trinajstić information content (AvgIpc) is 3.96. The molecule has 300 valence electrons. The Morgan fingerprint density at radius 1 is 0.297 bits per heavy atom. The van der Waals surface area contributed by atoms with E-state index in [1.807, 2.05) is 42.5 Å². The second-order valence-corrected chi connectivity index (χ2v) is 16.4. The Balaban J connectivity index is 0.950. The van der Waals surface area contributed by atoms with Crippen LogP contribution in [0, 0.1) is 0 Å². The second kappa shape index (κ2) is 14.5. The first-order valence-electron chi connectivity index (χ1n) is 21.6. The Hall–Kier alpha value is -8.67. The van der Waals surface area contributed by atoms with E-state index < -0.39 is 0 Å². The van der Waals surface area contributed by atoms with Gasteiger partial charge in [0.1, 0.15) is 16.7 Å². The minimum Gasteiger partial charge on any atom is -0.456 e. The molecule has 0 fully saturated rings. The Kier molecular flexibility index (Phi) is 8.15. The van der Waals surface area contributed by atoms with Crippen LogP contribution in [0.25, 0.3) is 87.6 Å². The zero-order valence-electron chi connectivity index (χ0n) is 34.5. The molecule has 0 aliphatic heterocycles. The topological polar surface area (TPSA) is 45.7 Å². The van der Waals surface area contributed by atoms with Gasteiger partial charge in [-0.25, -0.2) is 4.98 Å². The van der Waals surface area contributed by atoms with Crippen molar-refractivity contribution in [2.24, 2.45) is 0 Å². The number of para-hydroxylation sites is 1. The number of fused-ring (bicyclic) bond motifs is 9. The summed E-state index contributed by atoms with van der Waals surface area (Å²) in [7, 11) is 0. The van der Waals surface area contributed by atoms with Crippen LogP contribution in [0.2, 0.25) is 0 Å². The van der Waals surface area contributed by atoms with E-state index in [-0.39, 0.29) is 0 Å². The first-order chi connectivity index (χ1) is 31.7. The smallest absolute Gasteiger partial charge is 0.227 e. The molecule has 11 aromatic carbocycles. The highest BCUT2D eigenvalue weighted by atomic mass is 16.3. The van der Waals surface area contributed by atoms with Gasteiger partial charge in [0.25, 0.3) is 0 Å². The molecule has 13 aromatic rings. The summed E-state index contributed by atoms with van der Waals surface area (Å²) >= 11 is 0. The molecule has 5 nitrogen and oxygen atoms in total. The number of aromatic nitrogens is 1. The molecule has 0 spiro atoms. The minimum absolute atomic E-state index is 0.609. The summed E-state index contributed by atoms with van der Waals surface area (Å²) in [5, 5.41) is 11.6. The van der Waals surface area contributed by atoms with Crippen LogP contribution in [0.5, 0.6) is 0 Å². The molecule has 0 atom stereocenters. The summed E-state index contributed by atoms with van der Waals surface area (Å²) in [6.45, 7) is 0. The monoisotopic (exact) mass is 819 g/mol. The molecule has 0 bridgehead atoms. The van der Waals surface area contributed by atoms with Gasteiger partial charge in [-0.3, -0.25) is 0 Å². The number of anilines is 6. The van der Waals surface area contributed by atoms with Crippen LogP contribution in [-0.2, 0) is 0 Å². The van der Waals surface area contributed by atoms with Crippen molar-refractivity contribution in [3.8, 4) is 11.5 Å². The SMILES string of the molecule is c1ccc(-c2nc3ccc(N(c4ccc5c(ccc6cc(N(c7ccc8oc9ccccc9c8c7)c7cccc8ccccc78)ccc65)c4)c4cccc5ccccc45)cc3o2)cc1. The summed E-state index contributed by atoms with van der Waals surface area (Å²) in [6.07, 6.45) is 0. The quantitative estimate of drug-likeness (QED) is 0.150. The first-order valence-corrected chi connectivity index (χ1v) is 21.6. The largest absolute Gasteiger partial charge is 0.456 e. The molecule has 2 aromatic heterocycles. The summed E-state index contributed by atoms with van der Waals surface area (Å²) in [4.78, 5) is 9.56. The molecule has 2 heterocycles. The normalized spacial score (nSPS) is 11.8. The second-order valence-electron chi connectivity index (χ2n) is 16.4. The van der Waals surface area contributed by atoms with Crippen LogP contribution in [0.15, 0.2) is 233 Å². The molecule has 0 saturated heterocycles. The number of nitrogens with zero attached hydrogens (tertiary/aromatic N) is 3. The van der Waals surface area contributed by atoms with Gasteiger partial charge in [0.15, 0.2) is 5.58 Å². The average molecular weight is 820 g/mol. The van der Waals surface area contributed by atoms with E-state index in [1.165, 1.54) is 26.9 Å². The fourth-order valence-corrected chi connectivity index (χ4v) is 9.60. The number of hydrogen-bond donors (Lipinski definition) is 0. The lowest BCUT2D eigenvalue weighted by Gasteiger charge is -2.28. The van der Waals surface area contributed by atoms with Crippen molar-refractivity contribution in [1.82, 2.24) is 4.98 Å². The number of rotatable bonds is 7. The van der Waals surface area contributed by atoms with Crippen LogP contribution in [0.3, 0.4) is 0 Å². The van der Waals surface area contributed by atoms with E-state index in [0.29, 0.717) is 5.89 Å². The number of hydrogen-bond acceptors (Lipinski definition) is 5. The van der Waals surface area contributed by atoms with Crippen LogP contribution < -0.4 is 9.80 Å². The molecule has 5 heteroatoms. The van der Waals surface area contributed by atoms with Crippen LogP contribution in [0.1, 0.15) is 0 Å². The first kappa shape index (κ1) is 36.0. The molecule has 0 unspecified atom stereocenters. The Morgan fingerprint density at radius 2 is 0.812 bits per heavy atom. The van der Waals surface area contributed by atoms with Crippen molar-refractivity contribution in [2.45, 2.75) is 0 Å². The fraction of sp³-hybridized carbons (Fsp3) is 0. The van der Waals surface area contributed by atoms with Gasteiger partial charge < -0.3 is 18.6 Å². The van der Waals surface area contributed by atoms with E-state index in [2.05, 4.69) is 192 Å². The fourth-order valence-electron chi connectivity index (χ4n) is 9.60. The molecule has 0 radical (unpaired) electrons. The van der Waals surface area contributed by atoms with Crippen LogP contribution >= 0.6 is 0 Å². The summed E-state index contributed by atoms with van der Waals surface area (Å²) < 4.78 is 12.7. The standard InChI is InChI=1S/C59H37N3O2/c1-2-14-40(15-3-1)59-60-53-32-28-46(37-58(53)64-59)62(55-22-11-17-39-13-5-7-19-50(39)55)44-27-31-48-42(35-44)25-24-41-34-43(26-30-47(41)48)61(54-21-10-16-38-12-4-6-18-49(38)54)45-29-33-57-52(36-45)51-20-8-9-23-56(51)63-57/h1-37H. The van der Waals surface area contributed by atoms with Crippen molar-refractivity contribution in [3.05, 3.63) is 224 Å². The van der Waals surface area contributed by atoms with E-state index >= 15 is 0 Å². The molecule has 0 N–H and O–H groups in total. The maximum atomic E-state index is 6.41. The van der Waals surface area contributed by atoms with Crippen molar-refractivity contribution < 1.29 is 8.83 Å². The summed E-state index contributed by atoms with van der Waals surface area (Å²) in [6, 6.07) is 79.6. The number of benzene rings is 11. The molecular formula is C59H37N3O2. The Bertz CT molecular complexity index is 3930. The Labute approximate surface area is 368 Å². The third kappa shape index (κ3) is 5.90.